The zero-order valence-electron chi connectivity index (χ0n) is 24.4. The molecule has 8 heteroatoms. The largest absolute Gasteiger partial charge is 0.497 e. The van der Waals surface area contributed by atoms with Crippen LogP contribution in [0.2, 0.25) is 0 Å². The molecule has 1 aliphatic carbocycles. The normalized spacial score (nSPS) is 18.1. The quantitative estimate of drug-likeness (QED) is 0.404. The molecule has 0 bridgehead atoms. The van der Waals surface area contributed by atoms with Crippen molar-refractivity contribution in [3.63, 3.8) is 0 Å². The Hall–Kier alpha value is -3.55. The van der Waals surface area contributed by atoms with E-state index in [9.17, 15) is 14.4 Å². The molecule has 0 heterocycles. The Labute approximate surface area is 232 Å². The van der Waals surface area contributed by atoms with Crippen molar-refractivity contribution >= 4 is 23.6 Å². The van der Waals surface area contributed by atoms with E-state index >= 15 is 0 Å². The van der Waals surface area contributed by atoms with E-state index in [1.807, 2.05) is 38.1 Å². The fraction of sp³-hybridized carbons (Fsp3) is 0.516. The summed E-state index contributed by atoms with van der Waals surface area (Å²) in [6, 6.07) is 13.0. The number of benzene rings is 2. The van der Waals surface area contributed by atoms with Gasteiger partial charge in [-0.25, -0.2) is 4.79 Å². The van der Waals surface area contributed by atoms with Gasteiger partial charge in [0.2, 0.25) is 5.91 Å². The van der Waals surface area contributed by atoms with Crippen LogP contribution < -0.4 is 15.4 Å². The van der Waals surface area contributed by atoms with Crippen LogP contribution in [0.15, 0.2) is 48.5 Å². The lowest BCUT2D eigenvalue weighted by molar-refractivity contribution is -0.142. The minimum absolute atomic E-state index is 0.128. The van der Waals surface area contributed by atoms with Crippen LogP contribution in [0, 0.1) is 11.8 Å². The second-order valence-corrected chi connectivity index (χ2v) is 11.6. The predicted molar refractivity (Wildman–Crippen MR) is 153 cm³/mol. The van der Waals surface area contributed by atoms with E-state index < -0.39 is 23.8 Å². The number of amides is 3. The van der Waals surface area contributed by atoms with E-state index in [2.05, 4.69) is 24.5 Å². The van der Waals surface area contributed by atoms with Gasteiger partial charge in [-0.1, -0.05) is 52.0 Å². The predicted octanol–water partition coefficient (Wildman–Crippen LogP) is 5.72. The van der Waals surface area contributed by atoms with E-state index in [0.29, 0.717) is 17.0 Å². The van der Waals surface area contributed by atoms with Crippen LogP contribution >= 0.6 is 0 Å². The Morgan fingerprint density at radius 3 is 2.08 bits per heavy atom. The van der Waals surface area contributed by atoms with E-state index in [1.165, 1.54) is 0 Å². The standard InChI is InChI=1S/C31H43N3O5/c1-9-21-10-12-22(13-11-21)27(28(35)32-23-14-16-24(38-8)17-15-23)34(25-18-20(25)4)29(36)26(19(2)3)33-30(37)39-31(5,6)7/h10-17,19-20,25-27H,9,18H2,1-8H3,(H,32,35)(H,33,37). The van der Waals surface area contributed by atoms with Crippen molar-refractivity contribution in [2.24, 2.45) is 11.8 Å². The molecule has 0 aliphatic heterocycles. The van der Waals surface area contributed by atoms with Crippen LogP contribution in [0.5, 0.6) is 5.75 Å². The highest BCUT2D eigenvalue weighted by Crippen LogP contribution is 2.41. The van der Waals surface area contributed by atoms with Gasteiger partial charge >= 0.3 is 6.09 Å². The number of ether oxygens (including phenoxy) is 2. The summed E-state index contributed by atoms with van der Waals surface area (Å²) < 4.78 is 10.7. The number of anilines is 1. The van der Waals surface area contributed by atoms with Crippen LogP contribution in [-0.2, 0) is 20.7 Å². The average Bonchev–Trinajstić information content (AvgIpc) is 3.60. The Morgan fingerprint density at radius 1 is 1.03 bits per heavy atom. The minimum Gasteiger partial charge on any atom is -0.497 e. The van der Waals surface area contributed by atoms with E-state index in [1.54, 1.807) is 57.0 Å². The Morgan fingerprint density at radius 2 is 1.62 bits per heavy atom. The van der Waals surface area contributed by atoms with Crippen molar-refractivity contribution < 1.29 is 23.9 Å². The number of hydrogen-bond acceptors (Lipinski definition) is 5. The van der Waals surface area contributed by atoms with E-state index in [-0.39, 0.29) is 29.7 Å². The molecule has 0 spiro atoms. The van der Waals surface area contributed by atoms with Crippen LogP contribution in [0.25, 0.3) is 0 Å². The number of carbonyl (C=O) groups excluding carboxylic acids is 3. The van der Waals surface area contributed by atoms with Gasteiger partial charge in [0, 0.05) is 11.7 Å². The first-order valence-electron chi connectivity index (χ1n) is 13.7. The van der Waals surface area contributed by atoms with Crippen molar-refractivity contribution in [1.82, 2.24) is 10.2 Å². The van der Waals surface area contributed by atoms with Crippen molar-refractivity contribution in [2.75, 3.05) is 12.4 Å². The van der Waals surface area contributed by atoms with Crippen LogP contribution in [-0.4, -0.2) is 47.6 Å². The Bertz CT molecular complexity index is 1140. The van der Waals surface area contributed by atoms with Crippen molar-refractivity contribution in [2.45, 2.75) is 85.0 Å². The second-order valence-electron chi connectivity index (χ2n) is 11.6. The fourth-order valence-electron chi connectivity index (χ4n) is 4.54. The average molecular weight is 538 g/mol. The maximum Gasteiger partial charge on any atom is 0.408 e. The smallest absolute Gasteiger partial charge is 0.408 e. The summed E-state index contributed by atoms with van der Waals surface area (Å²) in [5.74, 6) is 0.0523. The minimum atomic E-state index is -0.887. The van der Waals surface area contributed by atoms with Gasteiger partial charge in [-0.15, -0.1) is 0 Å². The third-order valence-corrected chi connectivity index (χ3v) is 6.87. The molecule has 4 unspecified atom stereocenters. The van der Waals surface area contributed by atoms with Gasteiger partial charge < -0.3 is 25.0 Å². The van der Waals surface area contributed by atoms with Gasteiger partial charge in [0.25, 0.3) is 5.91 Å². The monoisotopic (exact) mass is 537 g/mol. The molecule has 0 aromatic heterocycles. The highest BCUT2D eigenvalue weighted by Gasteiger charge is 2.48. The van der Waals surface area contributed by atoms with E-state index in [0.717, 1.165) is 18.4 Å². The Balaban J connectivity index is 2.00. The molecule has 1 fully saturated rings. The molecule has 3 rings (SSSR count). The number of nitrogens with one attached hydrogen (secondary N) is 2. The lowest BCUT2D eigenvalue weighted by atomic mass is 9.97. The topological polar surface area (TPSA) is 97.0 Å². The molecule has 1 saturated carbocycles. The van der Waals surface area contributed by atoms with Gasteiger partial charge in [-0.3, -0.25) is 9.59 Å². The molecule has 0 saturated heterocycles. The lowest BCUT2D eigenvalue weighted by Gasteiger charge is -2.36. The highest BCUT2D eigenvalue weighted by atomic mass is 16.6. The van der Waals surface area contributed by atoms with Crippen LogP contribution in [0.4, 0.5) is 10.5 Å². The zero-order valence-corrected chi connectivity index (χ0v) is 24.4. The molecule has 2 N–H and O–H groups in total. The first kappa shape index (κ1) is 30.0. The number of rotatable bonds is 10. The number of hydrogen-bond donors (Lipinski definition) is 2. The molecule has 2 aromatic carbocycles. The molecule has 212 valence electrons. The summed E-state index contributed by atoms with van der Waals surface area (Å²) in [5.41, 5.74) is 1.74. The number of carbonyl (C=O) groups is 3. The molecule has 2 aromatic rings. The molecule has 8 nitrogen and oxygen atoms in total. The maximum atomic E-state index is 14.3. The SMILES string of the molecule is CCc1ccc(C(C(=O)Nc2ccc(OC)cc2)N(C(=O)C(NC(=O)OC(C)(C)C)C(C)C)C2CC2C)cc1. The van der Waals surface area contributed by atoms with Crippen molar-refractivity contribution in [3.8, 4) is 5.75 Å². The highest BCUT2D eigenvalue weighted by molar-refractivity contribution is 5.99. The summed E-state index contributed by atoms with van der Waals surface area (Å²) in [6.07, 6.45) is 0.980. The number of alkyl carbamates (subject to hydrolysis) is 1. The summed E-state index contributed by atoms with van der Waals surface area (Å²) >= 11 is 0. The zero-order chi connectivity index (χ0) is 28.9. The van der Waals surface area contributed by atoms with Gasteiger partial charge in [-0.05, 0) is 80.8 Å². The third kappa shape index (κ3) is 7.97. The lowest BCUT2D eigenvalue weighted by Crippen LogP contribution is -2.55. The van der Waals surface area contributed by atoms with Gasteiger partial charge in [0.1, 0.15) is 23.4 Å². The summed E-state index contributed by atoms with van der Waals surface area (Å²) in [5, 5.41) is 5.77. The summed E-state index contributed by atoms with van der Waals surface area (Å²) in [7, 11) is 1.58. The second kappa shape index (κ2) is 12.5. The molecular formula is C31H43N3O5. The van der Waals surface area contributed by atoms with Crippen LogP contribution in [0.3, 0.4) is 0 Å². The van der Waals surface area contributed by atoms with Gasteiger partial charge in [0.05, 0.1) is 7.11 Å². The molecule has 39 heavy (non-hydrogen) atoms. The molecular weight excluding hydrogens is 494 g/mol. The number of aryl methyl sites for hydroxylation is 1. The first-order valence-corrected chi connectivity index (χ1v) is 13.7. The number of nitrogens with zero attached hydrogens (tertiary/aromatic N) is 1. The Kier molecular flexibility index (Phi) is 9.64. The summed E-state index contributed by atoms with van der Waals surface area (Å²) in [4.78, 5) is 42.6. The fourth-order valence-corrected chi connectivity index (χ4v) is 4.54. The number of methoxy groups -OCH3 is 1. The molecule has 3 amide bonds. The van der Waals surface area contributed by atoms with Crippen molar-refractivity contribution in [3.05, 3.63) is 59.7 Å². The van der Waals surface area contributed by atoms with Gasteiger partial charge in [-0.2, -0.15) is 0 Å². The van der Waals surface area contributed by atoms with Crippen LogP contribution in [0.1, 0.15) is 72.1 Å². The third-order valence-electron chi connectivity index (χ3n) is 6.87. The molecule has 1 aliphatic rings. The molecule has 0 radical (unpaired) electrons. The molecule has 4 atom stereocenters. The summed E-state index contributed by atoms with van der Waals surface area (Å²) in [6.45, 7) is 13.2. The van der Waals surface area contributed by atoms with Gasteiger partial charge in [0.15, 0.2) is 0 Å². The first-order chi connectivity index (χ1) is 18.3. The maximum absolute atomic E-state index is 14.3. The van der Waals surface area contributed by atoms with E-state index in [4.69, 9.17) is 9.47 Å². The van der Waals surface area contributed by atoms with Crippen molar-refractivity contribution in [1.29, 1.82) is 0 Å².